The third-order valence-corrected chi connectivity index (χ3v) is 6.53. The molecule has 0 spiro atoms. The Balaban J connectivity index is 1.67. The third-order valence-electron chi connectivity index (χ3n) is 6.53. The highest BCUT2D eigenvalue weighted by molar-refractivity contribution is 6.34. The van der Waals surface area contributed by atoms with Gasteiger partial charge in [-0.2, -0.15) is 0 Å². The maximum Gasteiger partial charge on any atom is 0.326 e. The minimum absolute atomic E-state index is 0.0540. The quantitative estimate of drug-likeness (QED) is 0.204. The van der Waals surface area contributed by atoms with Gasteiger partial charge >= 0.3 is 12.0 Å². The lowest BCUT2D eigenvalue weighted by molar-refractivity contribution is -0.143. The van der Waals surface area contributed by atoms with Crippen LogP contribution in [0, 0.1) is 11.8 Å². The minimum Gasteiger partial charge on any atom is -0.480 e. The molecule has 0 saturated carbocycles. The van der Waals surface area contributed by atoms with Gasteiger partial charge in [-0.15, -0.1) is 0 Å². The zero-order chi connectivity index (χ0) is 31.1. The van der Waals surface area contributed by atoms with E-state index in [1.807, 2.05) is 13.8 Å². The maximum atomic E-state index is 12.9. The maximum absolute atomic E-state index is 12.9. The van der Waals surface area contributed by atoms with Crippen molar-refractivity contribution < 1.29 is 39.0 Å². The first-order valence-corrected chi connectivity index (χ1v) is 13.4. The van der Waals surface area contributed by atoms with Crippen LogP contribution in [-0.2, 0) is 14.4 Å². The second-order valence-corrected chi connectivity index (χ2v) is 10.6. The van der Waals surface area contributed by atoms with Crippen LogP contribution in [0.15, 0.2) is 48.5 Å². The molecule has 6 amide bonds. The Morgan fingerprint density at radius 2 is 1.40 bits per heavy atom. The average molecular weight is 582 g/mol. The van der Waals surface area contributed by atoms with Gasteiger partial charge in [0.2, 0.25) is 11.8 Å². The molecule has 2 aromatic rings. The lowest BCUT2D eigenvalue weighted by Crippen LogP contribution is -2.57. The molecule has 224 valence electrons. The first kappa shape index (κ1) is 31.7. The van der Waals surface area contributed by atoms with Crippen molar-refractivity contribution in [3.05, 3.63) is 59.7 Å². The molecule has 0 bridgehead atoms. The van der Waals surface area contributed by atoms with E-state index >= 15 is 0 Å². The number of amides is 6. The Kier molecular flexibility index (Phi) is 10.4. The van der Waals surface area contributed by atoms with Crippen molar-refractivity contribution in [2.24, 2.45) is 11.8 Å². The van der Waals surface area contributed by atoms with Crippen molar-refractivity contribution in [1.82, 2.24) is 16.0 Å². The van der Waals surface area contributed by atoms with E-state index in [0.29, 0.717) is 0 Å². The fourth-order valence-electron chi connectivity index (χ4n) is 4.41. The predicted molar refractivity (Wildman–Crippen MR) is 153 cm³/mol. The highest BCUT2D eigenvalue weighted by Crippen LogP contribution is 2.29. The molecular formula is C29H35N5O8. The van der Waals surface area contributed by atoms with Crippen molar-refractivity contribution >= 4 is 47.0 Å². The summed E-state index contributed by atoms with van der Waals surface area (Å²) in [5.41, 5.74) is 0.952. The van der Waals surface area contributed by atoms with Gasteiger partial charge in [-0.3, -0.25) is 19.2 Å². The molecular weight excluding hydrogens is 546 g/mol. The number of carbonyl (C=O) groups is 6. The highest BCUT2D eigenvalue weighted by atomic mass is 16.4. The number of fused-ring (bicyclic) bond motifs is 1. The molecule has 0 radical (unpaired) electrons. The van der Waals surface area contributed by atoms with Gasteiger partial charge in [0.1, 0.15) is 18.1 Å². The van der Waals surface area contributed by atoms with Crippen LogP contribution in [0.4, 0.5) is 16.2 Å². The van der Waals surface area contributed by atoms with E-state index in [1.54, 1.807) is 38.1 Å². The zero-order valence-corrected chi connectivity index (χ0v) is 23.7. The molecule has 0 unspecified atom stereocenters. The molecule has 0 saturated heterocycles. The summed E-state index contributed by atoms with van der Waals surface area (Å²) in [4.78, 5) is 76.6. The summed E-state index contributed by atoms with van der Waals surface area (Å²) >= 11 is 0. The Morgan fingerprint density at radius 3 is 1.93 bits per heavy atom. The number of hydrogen-bond donors (Lipinski definition) is 6. The monoisotopic (exact) mass is 581 g/mol. The molecule has 1 aliphatic heterocycles. The number of imide groups is 1. The number of benzene rings is 2. The third kappa shape index (κ3) is 7.49. The number of aliphatic hydroxyl groups is 1. The van der Waals surface area contributed by atoms with Crippen LogP contribution < -0.4 is 26.2 Å². The van der Waals surface area contributed by atoms with Crippen molar-refractivity contribution in [3.63, 3.8) is 0 Å². The van der Waals surface area contributed by atoms with Crippen LogP contribution in [-0.4, -0.2) is 70.6 Å². The van der Waals surface area contributed by atoms with E-state index in [2.05, 4.69) is 21.3 Å². The van der Waals surface area contributed by atoms with Crippen LogP contribution in [0.5, 0.6) is 0 Å². The lowest BCUT2D eigenvalue weighted by atomic mass is 10.00. The predicted octanol–water partition coefficient (Wildman–Crippen LogP) is 1.73. The van der Waals surface area contributed by atoms with Crippen molar-refractivity contribution in [3.8, 4) is 0 Å². The van der Waals surface area contributed by atoms with Gasteiger partial charge < -0.3 is 31.5 Å². The number of nitrogens with zero attached hydrogens (tertiary/aromatic N) is 1. The van der Waals surface area contributed by atoms with Crippen LogP contribution in [0.25, 0.3) is 0 Å². The summed E-state index contributed by atoms with van der Waals surface area (Å²) < 4.78 is 0. The van der Waals surface area contributed by atoms with E-state index in [9.17, 15) is 39.0 Å². The standard InChI is InChI=1S/C29H35N5O8/c1-15(2)12-21(24(36)33-23(16(3)4)28(40)41)31-25(37)22(14-35)32-29(42)30-17-8-7-9-18(13-17)34-26(38)19-10-5-6-11-20(19)27(34)39/h5-11,13,15-16,21-23,35H,12,14H2,1-4H3,(H,31,37)(H,33,36)(H,40,41)(H2,30,32,42)/t21-,22-,23-/m0/s1. The van der Waals surface area contributed by atoms with Crippen molar-refractivity contribution in [2.45, 2.75) is 52.2 Å². The van der Waals surface area contributed by atoms with E-state index in [4.69, 9.17) is 0 Å². The van der Waals surface area contributed by atoms with Crippen LogP contribution in [0.1, 0.15) is 54.8 Å². The summed E-state index contributed by atoms with van der Waals surface area (Å²) in [6, 6.07) is 7.77. The van der Waals surface area contributed by atoms with Gasteiger partial charge in [-0.1, -0.05) is 45.9 Å². The fourth-order valence-corrected chi connectivity index (χ4v) is 4.41. The number of urea groups is 1. The smallest absolute Gasteiger partial charge is 0.326 e. The van der Waals surface area contributed by atoms with Gasteiger partial charge in [0.05, 0.1) is 23.4 Å². The summed E-state index contributed by atoms with van der Waals surface area (Å²) in [5, 5.41) is 29.0. The van der Waals surface area contributed by atoms with Crippen LogP contribution in [0.3, 0.4) is 0 Å². The topological polar surface area (TPSA) is 194 Å². The molecule has 0 aromatic heterocycles. The van der Waals surface area contributed by atoms with Crippen molar-refractivity contribution in [1.29, 1.82) is 0 Å². The molecule has 13 nitrogen and oxygen atoms in total. The van der Waals surface area contributed by atoms with Gasteiger partial charge in [0, 0.05) is 5.69 Å². The van der Waals surface area contributed by atoms with E-state index in [-0.39, 0.29) is 34.8 Å². The first-order valence-electron chi connectivity index (χ1n) is 13.4. The molecule has 2 aromatic carbocycles. The molecule has 3 atom stereocenters. The van der Waals surface area contributed by atoms with E-state index in [1.165, 1.54) is 24.3 Å². The Bertz CT molecular complexity index is 1340. The SMILES string of the molecule is CC(C)C[C@H](NC(=O)[C@H](CO)NC(=O)Nc1cccc(N2C(=O)c3ccccc3C2=O)c1)C(=O)N[C@H](C(=O)O)C(C)C. The highest BCUT2D eigenvalue weighted by Gasteiger charge is 2.36. The first-order chi connectivity index (χ1) is 19.8. The molecule has 6 N–H and O–H groups in total. The Labute approximate surface area is 242 Å². The largest absolute Gasteiger partial charge is 0.480 e. The average Bonchev–Trinajstić information content (AvgIpc) is 3.18. The molecule has 1 aliphatic rings. The number of aliphatic hydroxyl groups excluding tert-OH is 1. The van der Waals surface area contributed by atoms with Crippen LogP contribution >= 0.6 is 0 Å². The number of nitrogens with one attached hydrogen (secondary N) is 4. The second kappa shape index (κ2) is 13.7. The minimum atomic E-state index is -1.45. The van der Waals surface area contributed by atoms with E-state index in [0.717, 1.165) is 4.90 Å². The normalized spacial score (nSPS) is 14.7. The molecule has 0 aliphatic carbocycles. The molecule has 13 heteroatoms. The number of carboxylic acid groups (broad SMARTS) is 1. The molecule has 0 fully saturated rings. The number of anilines is 2. The van der Waals surface area contributed by atoms with E-state index < -0.39 is 66.3 Å². The van der Waals surface area contributed by atoms with Crippen LogP contribution in [0.2, 0.25) is 0 Å². The lowest BCUT2D eigenvalue weighted by Gasteiger charge is -2.26. The summed E-state index contributed by atoms with van der Waals surface area (Å²) in [7, 11) is 0. The van der Waals surface area contributed by atoms with Gasteiger partial charge in [0.15, 0.2) is 0 Å². The molecule has 1 heterocycles. The zero-order valence-electron chi connectivity index (χ0n) is 23.7. The van der Waals surface area contributed by atoms with Gasteiger partial charge in [-0.05, 0) is 48.6 Å². The summed E-state index contributed by atoms with van der Waals surface area (Å²) in [5.74, 6) is -4.25. The van der Waals surface area contributed by atoms with Crippen molar-refractivity contribution in [2.75, 3.05) is 16.8 Å². The van der Waals surface area contributed by atoms with Gasteiger partial charge in [0.25, 0.3) is 11.8 Å². The number of aliphatic carboxylic acids is 1. The van der Waals surface area contributed by atoms with Gasteiger partial charge in [-0.25, -0.2) is 14.5 Å². The number of carbonyl (C=O) groups excluding carboxylic acids is 5. The molecule has 42 heavy (non-hydrogen) atoms. The second-order valence-electron chi connectivity index (χ2n) is 10.6. The summed E-state index contributed by atoms with van der Waals surface area (Å²) in [6.07, 6.45) is 0.178. The molecule has 3 rings (SSSR count). The fraction of sp³-hybridized carbons (Fsp3) is 0.379. The number of carboxylic acids is 1. The number of hydrogen-bond acceptors (Lipinski definition) is 7. The Morgan fingerprint density at radius 1 is 0.810 bits per heavy atom. The Hall–Kier alpha value is -4.78. The summed E-state index contributed by atoms with van der Waals surface area (Å²) in [6.45, 7) is 6.10. The number of rotatable bonds is 12.